The second-order valence-corrected chi connectivity index (χ2v) is 6.54. The van der Waals surface area contributed by atoms with Crippen LogP contribution in [0.2, 0.25) is 0 Å². The Morgan fingerprint density at radius 1 is 1.47 bits per heavy atom. The van der Waals surface area contributed by atoms with Gasteiger partial charge in [0.2, 0.25) is 0 Å². The predicted molar refractivity (Wildman–Crippen MR) is 60.1 cm³/mol. The van der Waals surface area contributed by atoms with Gasteiger partial charge in [-0.1, -0.05) is 0 Å². The highest BCUT2D eigenvalue weighted by molar-refractivity contribution is 7.86. The zero-order valence-electron chi connectivity index (χ0n) is 8.46. The minimum Gasteiger partial charge on any atom is -0.369 e. The zero-order chi connectivity index (χ0) is 13.1. The summed E-state index contributed by atoms with van der Waals surface area (Å²) in [6, 6.07) is 2.96. The molecule has 1 atom stereocenters. The zero-order valence-corrected chi connectivity index (χ0v) is 10.2. The maximum Gasteiger partial charge on any atom is 0.348 e. The molecule has 1 unspecified atom stereocenters. The van der Waals surface area contributed by atoms with Gasteiger partial charge in [-0.3, -0.25) is 14.1 Å². The van der Waals surface area contributed by atoms with Gasteiger partial charge in [-0.25, -0.2) is 0 Å². The van der Waals surface area contributed by atoms with Crippen LogP contribution in [0.1, 0.15) is 0 Å². The van der Waals surface area contributed by atoms with Crippen LogP contribution in [0.15, 0.2) is 24.5 Å². The Labute approximate surface area is 97.6 Å². The maximum atomic E-state index is 11.0. The molecule has 1 heterocycles. The van der Waals surface area contributed by atoms with Crippen LogP contribution < -0.4 is 5.32 Å². The molecule has 0 saturated heterocycles. The molecule has 0 aliphatic carbocycles. The van der Waals surface area contributed by atoms with E-state index in [1.807, 2.05) is 0 Å². The van der Waals surface area contributed by atoms with Crippen molar-refractivity contribution in [2.24, 2.45) is 0 Å². The third kappa shape index (κ3) is 5.24. The van der Waals surface area contributed by atoms with E-state index in [2.05, 4.69) is 10.3 Å². The normalized spacial score (nSPS) is 14.3. The molecule has 0 bridgehead atoms. The lowest BCUT2D eigenvalue weighted by Crippen LogP contribution is -2.28. The van der Waals surface area contributed by atoms with Crippen LogP contribution in [0, 0.1) is 0 Å². The number of nitrogens with zero attached hydrogens (tertiary/aromatic N) is 1. The summed E-state index contributed by atoms with van der Waals surface area (Å²) in [6.07, 6.45) is 2.72. The second-order valence-electron chi connectivity index (χ2n) is 3.24. The number of pyridine rings is 1. The van der Waals surface area contributed by atoms with Crippen molar-refractivity contribution in [1.82, 2.24) is 4.98 Å². The number of nitrogens with one attached hydrogen (secondary N) is 1. The quantitative estimate of drug-likeness (QED) is 0.433. The van der Waals surface area contributed by atoms with E-state index in [1.165, 1.54) is 24.5 Å². The van der Waals surface area contributed by atoms with Crippen molar-refractivity contribution in [2.45, 2.75) is 5.78 Å². The first-order valence-electron chi connectivity index (χ1n) is 4.35. The largest absolute Gasteiger partial charge is 0.369 e. The van der Waals surface area contributed by atoms with Crippen LogP contribution in [-0.2, 0) is 14.7 Å². The van der Waals surface area contributed by atoms with Crippen molar-refractivity contribution in [3.63, 3.8) is 0 Å². The average molecular weight is 282 g/mol. The van der Waals surface area contributed by atoms with Crippen molar-refractivity contribution >= 4 is 23.4 Å². The van der Waals surface area contributed by atoms with Gasteiger partial charge < -0.3 is 15.1 Å². The molecule has 1 rings (SSSR count). The molecule has 1 aromatic heterocycles. The fraction of sp³-hybridized carbons (Fsp3) is 0.286. The molecule has 0 radical (unpaired) electrons. The lowest BCUT2D eigenvalue weighted by Gasteiger charge is -2.19. The van der Waals surface area contributed by atoms with E-state index in [0.717, 1.165) is 0 Å². The van der Waals surface area contributed by atoms with Crippen LogP contribution in [0.3, 0.4) is 0 Å². The van der Waals surface area contributed by atoms with E-state index in [4.69, 9.17) is 14.3 Å². The van der Waals surface area contributed by atoms with Crippen LogP contribution >= 0.6 is 7.60 Å². The molecule has 0 aliphatic rings. The summed E-state index contributed by atoms with van der Waals surface area (Å²) in [4.78, 5) is 21.6. The summed E-state index contributed by atoms with van der Waals surface area (Å²) < 4.78 is 40.9. The van der Waals surface area contributed by atoms with Gasteiger partial charge in [0, 0.05) is 12.4 Å². The van der Waals surface area contributed by atoms with Crippen LogP contribution in [0.25, 0.3) is 0 Å². The summed E-state index contributed by atoms with van der Waals surface area (Å²) in [5.74, 6) is -2.81. The Morgan fingerprint density at radius 3 is 2.53 bits per heavy atom. The van der Waals surface area contributed by atoms with Crippen molar-refractivity contribution in [2.75, 3.05) is 11.1 Å². The van der Waals surface area contributed by atoms with Crippen LogP contribution in [0.4, 0.5) is 5.69 Å². The first-order valence-corrected chi connectivity index (χ1v) is 7.64. The molecule has 1 aromatic rings. The Morgan fingerprint density at radius 2 is 2.12 bits per heavy atom. The molecule has 0 aromatic carbocycles. The van der Waals surface area contributed by atoms with Gasteiger partial charge in [0.1, 0.15) is 11.5 Å². The van der Waals surface area contributed by atoms with Gasteiger partial charge in [0.05, 0.1) is 5.69 Å². The standard InChI is InChI=1S/C7H11N2O6PS/c10-16(11,12)7(5-17(13,14)15)9-6-2-1-3-8-4-6/h1-4,7,9H,5H2,(H2,10,11,12)(H,13,14,15). The second kappa shape index (κ2) is 5.11. The number of anilines is 1. The maximum absolute atomic E-state index is 11.0. The molecule has 4 N–H and O–H groups in total. The lowest BCUT2D eigenvalue weighted by atomic mass is 10.4. The smallest absolute Gasteiger partial charge is 0.348 e. The Hall–Kier alpha value is -0.990. The summed E-state index contributed by atoms with van der Waals surface area (Å²) >= 11 is 0. The number of hydrogen-bond acceptors (Lipinski definition) is 5. The topological polar surface area (TPSA) is 137 Å². The highest BCUT2D eigenvalue weighted by Crippen LogP contribution is 2.41. The van der Waals surface area contributed by atoms with Crippen molar-refractivity contribution in [3.05, 3.63) is 24.5 Å². The van der Waals surface area contributed by atoms with Gasteiger partial charge in [0.15, 0.2) is 0 Å². The molecule has 0 saturated carbocycles. The monoisotopic (exact) mass is 282 g/mol. The van der Waals surface area contributed by atoms with E-state index >= 15 is 0 Å². The fourth-order valence-electron chi connectivity index (χ4n) is 1.06. The lowest BCUT2D eigenvalue weighted by molar-refractivity contribution is 0.363. The molecule has 17 heavy (non-hydrogen) atoms. The molecule has 96 valence electrons. The molecule has 0 fully saturated rings. The highest BCUT2D eigenvalue weighted by atomic mass is 32.2. The SMILES string of the molecule is O=P(O)(O)C(CS(=O)(=O)O)Nc1cccnc1. The minimum absolute atomic E-state index is 0.240. The average Bonchev–Trinajstić information content (AvgIpc) is 2.15. The van der Waals surface area contributed by atoms with E-state index in [-0.39, 0.29) is 5.69 Å². The first kappa shape index (κ1) is 14.1. The number of hydrogen-bond donors (Lipinski definition) is 4. The molecule has 0 amide bonds. The van der Waals surface area contributed by atoms with Gasteiger partial charge >= 0.3 is 7.60 Å². The summed E-state index contributed by atoms with van der Waals surface area (Å²) in [5, 5.41) is 2.31. The van der Waals surface area contributed by atoms with E-state index in [9.17, 15) is 13.0 Å². The highest BCUT2D eigenvalue weighted by Gasteiger charge is 2.32. The van der Waals surface area contributed by atoms with Crippen LogP contribution in [-0.4, -0.2) is 39.3 Å². The van der Waals surface area contributed by atoms with Gasteiger partial charge in [0.25, 0.3) is 10.1 Å². The molecule has 0 aliphatic heterocycles. The molecule has 0 spiro atoms. The van der Waals surface area contributed by atoms with Gasteiger partial charge in [-0.05, 0) is 12.1 Å². The van der Waals surface area contributed by atoms with Crippen molar-refractivity contribution in [3.8, 4) is 0 Å². The van der Waals surface area contributed by atoms with Crippen molar-refractivity contribution < 1.29 is 27.3 Å². The van der Waals surface area contributed by atoms with E-state index < -0.39 is 29.2 Å². The summed E-state index contributed by atoms with van der Waals surface area (Å²) in [6.45, 7) is 0. The van der Waals surface area contributed by atoms with E-state index in [1.54, 1.807) is 0 Å². The Balaban J connectivity index is 2.90. The third-order valence-corrected chi connectivity index (χ3v) is 3.89. The third-order valence-electron chi connectivity index (χ3n) is 1.77. The van der Waals surface area contributed by atoms with Crippen LogP contribution in [0.5, 0.6) is 0 Å². The first-order chi connectivity index (χ1) is 7.68. The summed E-state index contributed by atoms with van der Waals surface area (Å²) in [5.41, 5.74) is 0.240. The fourth-order valence-corrected chi connectivity index (χ4v) is 3.20. The molecule has 8 nitrogen and oxygen atoms in total. The molecule has 10 heteroatoms. The Bertz CT molecular complexity index is 512. The summed E-state index contributed by atoms with van der Waals surface area (Å²) in [7, 11) is -9.22. The van der Waals surface area contributed by atoms with Crippen molar-refractivity contribution in [1.29, 1.82) is 0 Å². The molecular weight excluding hydrogens is 271 g/mol. The predicted octanol–water partition coefficient (Wildman–Crippen LogP) is -0.115. The van der Waals surface area contributed by atoms with Gasteiger partial charge in [-0.15, -0.1) is 0 Å². The Kier molecular flexibility index (Phi) is 4.23. The number of aromatic nitrogens is 1. The minimum atomic E-state index is -4.72. The molecular formula is C7H11N2O6PS. The van der Waals surface area contributed by atoms with Gasteiger partial charge in [-0.2, -0.15) is 8.42 Å². The number of rotatable bonds is 5. The van der Waals surface area contributed by atoms with E-state index in [0.29, 0.717) is 0 Å².